The molecular formula is C14H28N2O. The molecule has 2 fully saturated rings. The summed E-state index contributed by atoms with van der Waals surface area (Å²) < 4.78 is 5.43. The Labute approximate surface area is 106 Å². The largest absolute Gasteiger partial charge is 0.380 e. The lowest BCUT2D eigenvalue weighted by Crippen LogP contribution is -2.50. The zero-order valence-electron chi connectivity index (χ0n) is 11.6. The maximum atomic E-state index is 5.43. The lowest BCUT2D eigenvalue weighted by Gasteiger charge is -2.38. The molecule has 2 saturated heterocycles. The van der Waals surface area contributed by atoms with Gasteiger partial charge < -0.3 is 10.1 Å². The molecule has 0 radical (unpaired) electrons. The van der Waals surface area contributed by atoms with Crippen LogP contribution in [-0.2, 0) is 4.74 Å². The Bertz CT molecular complexity index is 222. The first-order chi connectivity index (χ1) is 8.22. The van der Waals surface area contributed by atoms with Crippen LogP contribution in [0.15, 0.2) is 0 Å². The maximum Gasteiger partial charge on any atom is 0.0670 e. The molecule has 2 aliphatic heterocycles. The van der Waals surface area contributed by atoms with E-state index in [1.165, 1.54) is 38.6 Å². The molecule has 2 bridgehead atoms. The minimum atomic E-state index is 0.356. The zero-order valence-corrected chi connectivity index (χ0v) is 11.6. The van der Waals surface area contributed by atoms with Gasteiger partial charge in [-0.3, -0.25) is 4.90 Å². The van der Waals surface area contributed by atoms with Crippen LogP contribution in [-0.4, -0.2) is 49.3 Å². The molecule has 3 nitrogen and oxygen atoms in total. The Balaban J connectivity index is 1.90. The van der Waals surface area contributed by atoms with Crippen molar-refractivity contribution in [1.82, 2.24) is 10.2 Å². The molecule has 0 saturated carbocycles. The third-order valence-corrected chi connectivity index (χ3v) is 4.37. The fourth-order valence-electron chi connectivity index (χ4n) is 3.44. The van der Waals surface area contributed by atoms with Crippen LogP contribution >= 0.6 is 0 Å². The van der Waals surface area contributed by atoms with Gasteiger partial charge in [0.1, 0.15) is 0 Å². The number of rotatable bonds is 6. The van der Waals surface area contributed by atoms with Gasteiger partial charge in [-0.15, -0.1) is 0 Å². The third-order valence-electron chi connectivity index (χ3n) is 4.37. The summed E-state index contributed by atoms with van der Waals surface area (Å²) in [5.74, 6) is 0. The molecule has 0 amide bonds. The quantitative estimate of drug-likeness (QED) is 0.769. The number of hydrogen-bond acceptors (Lipinski definition) is 3. The first-order valence-corrected chi connectivity index (χ1v) is 7.25. The van der Waals surface area contributed by atoms with Gasteiger partial charge in [-0.2, -0.15) is 0 Å². The van der Waals surface area contributed by atoms with Crippen molar-refractivity contribution in [2.75, 3.05) is 20.2 Å². The molecule has 2 rings (SSSR count). The lowest BCUT2D eigenvalue weighted by atomic mass is 9.97. The first kappa shape index (κ1) is 13.3. The fourth-order valence-corrected chi connectivity index (χ4v) is 3.44. The van der Waals surface area contributed by atoms with Crippen LogP contribution in [0.1, 0.15) is 46.0 Å². The van der Waals surface area contributed by atoms with E-state index in [4.69, 9.17) is 4.74 Å². The second-order valence-electron chi connectivity index (χ2n) is 5.80. The molecule has 2 heterocycles. The van der Waals surface area contributed by atoms with E-state index in [-0.39, 0.29) is 0 Å². The Kier molecular flexibility index (Phi) is 4.83. The molecule has 2 aliphatic rings. The van der Waals surface area contributed by atoms with Gasteiger partial charge in [-0.25, -0.2) is 0 Å². The molecule has 3 atom stereocenters. The van der Waals surface area contributed by atoms with E-state index >= 15 is 0 Å². The number of methoxy groups -OCH3 is 1. The van der Waals surface area contributed by atoms with Crippen molar-refractivity contribution >= 4 is 0 Å². The summed E-state index contributed by atoms with van der Waals surface area (Å²) in [6.45, 7) is 6.77. The van der Waals surface area contributed by atoms with Crippen molar-refractivity contribution in [3.05, 3.63) is 0 Å². The van der Waals surface area contributed by atoms with Gasteiger partial charge in [-0.1, -0.05) is 6.92 Å². The molecule has 0 aromatic rings. The highest BCUT2D eigenvalue weighted by Crippen LogP contribution is 2.30. The highest BCUT2D eigenvalue weighted by Gasteiger charge is 2.35. The topological polar surface area (TPSA) is 24.5 Å². The van der Waals surface area contributed by atoms with Crippen LogP contribution < -0.4 is 5.32 Å². The molecule has 0 aromatic heterocycles. The number of hydrogen-bond donors (Lipinski definition) is 1. The summed E-state index contributed by atoms with van der Waals surface area (Å²) in [5.41, 5.74) is 0. The smallest absolute Gasteiger partial charge is 0.0670 e. The second kappa shape index (κ2) is 6.17. The molecule has 0 aliphatic carbocycles. The van der Waals surface area contributed by atoms with Gasteiger partial charge in [-0.05, 0) is 45.6 Å². The van der Waals surface area contributed by atoms with Crippen LogP contribution in [0.4, 0.5) is 0 Å². The fraction of sp³-hybridized carbons (Fsp3) is 1.00. The van der Waals surface area contributed by atoms with E-state index in [2.05, 4.69) is 24.1 Å². The number of nitrogens with zero attached hydrogens (tertiary/aromatic N) is 1. The maximum absolute atomic E-state index is 5.43. The summed E-state index contributed by atoms with van der Waals surface area (Å²) in [7, 11) is 1.82. The van der Waals surface area contributed by atoms with Gasteiger partial charge in [0.2, 0.25) is 0 Å². The summed E-state index contributed by atoms with van der Waals surface area (Å²) in [6.07, 6.45) is 7.06. The van der Waals surface area contributed by atoms with Crippen LogP contribution in [0.3, 0.4) is 0 Å². The van der Waals surface area contributed by atoms with Crippen LogP contribution in [0, 0.1) is 0 Å². The van der Waals surface area contributed by atoms with Gasteiger partial charge in [0.25, 0.3) is 0 Å². The number of fused-ring (bicyclic) bond motifs is 2. The predicted molar refractivity (Wildman–Crippen MR) is 71.3 cm³/mol. The average Bonchev–Trinajstić information content (AvgIpc) is 2.67. The molecule has 100 valence electrons. The van der Waals surface area contributed by atoms with E-state index in [9.17, 15) is 0 Å². The van der Waals surface area contributed by atoms with Crippen molar-refractivity contribution in [2.24, 2.45) is 0 Å². The van der Waals surface area contributed by atoms with Crippen molar-refractivity contribution in [1.29, 1.82) is 0 Å². The van der Waals surface area contributed by atoms with E-state index in [0.717, 1.165) is 24.7 Å². The van der Waals surface area contributed by atoms with Gasteiger partial charge >= 0.3 is 0 Å². The predicted octanol–water partition coefficient (Wildman–Crippen LogP) is 2.02. The van der Waals surface area contributed by atoms with Gasteiger partial charge in [0.05, 0.1) is 6.10 Å². The second-order valence-corrected chi connectivity index (χ2v) is 5.80. The Morgan fingerprint density at radius 1 is 1.29 bits per heavy atom. The highest BCUT2D eigenvalue weighted by atomic mass is 16.5. The molecule has 3 heteroatoms. The van der Waals surface area contributed by atoms with Crippen LogP contribution in [0.25, 0.3) is 0 Å². The van der Waals surface area contributed by atoms with Crippen molar-refractivity contribution in [3.63, 3.8) is 0 Å². The van der Waals surface area contributed by atoms with Crippen LogP contribution in [0.2, 0.25) is 0 Å². The van der Waals surface area contributed by atoms with E-state index in [0.29, 0.717) is 6.10 Å². The van der Waals surface area contributed by atoms with E-state index in [1.807, 2.05) is 7.11 Å². The Morgan fingerprint density at radius 3 is 2.47 bits per heavy atom. The molecule has 0 aromatic carbocycles. The summed E-state index contributed by atoms with van der Waals surface area (Å²) in [5, 5.41) is 3.73. The van der Waals surface area contributed by atoms with E-state index in [1.54, 1.807) is 0 Å². The Morgan fingerprint density at radius 2 is 1.94 bits per heavy atom. The van der Waals surface area contributed by atoms with Gasteiger partial charge in [0, 0.05) is 31.8 Å². The number of nitrogens with one attached hydrogen (secondary N) is 1. The molecule has 3 unspecified atom stereocenters. The normalized spacial score (nSPS) is 34.2. The molecule has 0 spiro atoms. The third kappa shape index (κ3) is 3.43. The minimum absolute atomic E-state index is 0.356. The standard InChI is InChI=1S/C14H28N2O/c1-4-7-16(10-11(2)17-3)14-8-12-5-6-13(9-14)15-12/h11-15H,4-10H2,1-3H3. The monoisotopic (exact) mass is 240 g/mol. The summed E-state index contributed by atoms with van der Waals surface area (Å²) >= 11 is 0. The van der Waals surface area contributed by atoms with Gasteiger partial charge in [0.15, 0.2) is 0 Å². The van der Waals surface area contributed by atoms with Crippen molar-refractivity contribution in [2.45, 2.75) is 70.2 Å². The van der Waals surface area contributed by atoms with E-state index < -0.39 is 0 Å². The SMILES string of the molecule is CCCN(CC(C)OC)C1CC2CCC(C1)N2. The highest BCUT2D eigenvalue weighted by molar-refractivity contribution is 4.95. The minimum Gasteiger partial charge on any atom is -0.380 e. The number of ether oxygens (including phenoxy) is 1. The Hall–Kier alpha value is -0.120. The summed E-state index contributed by atoms with van der Waals surface area (Å²) in [4.78, 5) is 2.67. The lowest BCUT2D eigenvalue weighted by molar-refractivity contribution is 0.0472. The van der Waals surface area contributed by atoms with Crippen molar-refractivity contribution < 1.29 is 4.74 Å². The van der Waals surface area contributed by atoms with Crippen molar-refractivity contribution in [3.8, 4) is 0 Å². The molecule has 17 heavy (non-hydrogen) atoms. The molecule has 1 N–H and O–H groups in total. The first-order valence-electron chi connectivity index (χ1n) is 7.25. The molecular weight excluding hydrogens is 212 g/mol. The summed E-state index contributed by atoms with van der Waals surface area (Å²) in [6, 6.07) is 2.36. The van der Waals surface area contributed by atoms with Crippen LogP contribution in [0.5, 0.6) is 0 Å². The average molecular weight is 240 g/mol. The zero-order chi connectivity index (χ0) is 12.3. The number of piperidine rings is 1.